The lowest BCUT2D eigenvalue weighted by Gasteiger charge is -2.16. The highest BCUT2D eigenvalue weighted by molar-refractivity contribution is 14.1. The highest BCUT2D eigenvalue weighted by Gasteiger charge is 2.19. The van der Waals surface area contributed by atoms with E-state index in [2.05, 4.69) is 39.4 Å². The number of aromatic nitrogens is 2. The molecule has 24 heavy (non-hydrogen) atoms. The molecule has 1 heterocycles. The first kappa shape index (κ1) is 17.2. The van der Waals surface area contributed by atoms with Gasteiger partial charge >= 0.3 is 0 Å². The van der Waals surface area contributed by atoms with Gasteiger partial charge in [0.2, 0.25) is 0 Å². The van der Waals surface area contributed by atoms with E-state index >= 15 is 0 Å². The summed E-state index contributed by atoms with van der Waals surface area (Å²) in [6.07, 6.45) is 0. The lowest BCUT2D eigenvalue weighted by atomic mass is 10.2. The molecule has 1 unspecified atom stereocenters. The number of hydrogen-bond acceptors (Lipinski definition) is 2. The monoisotopic (exact) mass is 453 g/mol. The molecule has 0 bridgehead atoms. The Morgan fingerprint density at radius 3 is 2.83 bits per heavy atom. The minimum Gasteiger partial charge on any atom is -0.342 e. The standard InChI is InChI=1S/C18H17ClIN3O/c1-3-23-16-7-5-4-6-15(16)22-17(23)11(2)21-18(24)13-10-12(19)8-9-14(13)20/h4-11H,3H2,1-2H3,(H,21,24). The molecule has 0 aliphatic rings. The molecule has 1 amide bonds. The predicted molar refractivity (Wildman–Crippen MR) is 105 cm³/mol. The van der Waals surface area contributed by atoms with Crippen molar-refractivity contribution < 1.29 is 4.79 Å². The van der Waals surface area contributed by atoms with Crippen molar-refractivity contribution in [2.45, 2.75) is 26.4 Å². The van der Waals surface area contributed by atoms with Crippen LogP contribution in [-0.4, -0.2) is 15.5 Å². The lowest BCUT2D eigenvalue weighted by Crippen LogP contribution is -2.29. The van der Waals surface area contributed by atoms with Crippen molar-refractivity contribution in [3.8, 4) is 0 Å². The van der Waals surface area contributed by atoms with Gasteiger partial charge in [0, 0.05) is 15.1 Å². The molecule has 4 nitrogen and oxygen atoms in total. The molecule has 6 heteroatoms. The Morgan fingerprint density at radius 1 is 1.33 bits per heavy atom. The summed E-state index contributed by atoms with van der Waals surface area (Å²) < 4.78 is 2.99. The van der Waals surface area contributed by atoms with Gasteiger partial charge in [-0.3, -0.25) is 4.79 Å². The van der Waals surface area contributed by atoms with Crippen LogP contribution >= 0.6 is 34.2 Å². The van der Waals surface area contributed by atoms with Crippen molar-refractivity contribution in [1.82, 2.24) is 14.9 Å². The molecule has 3 rings (SSSR count). The number of nitrogens with zero attached hydrogens (tertiary/aromatic N) is 2. The SMILES string of the molecule is CCn1c(C(C)NC(=O)c2cc(Cl)ccc2I)nc2ccccc21. The van der Waals surface area contributed by atoms with E-state index in [9.17, 15) is 4.79 Å². The van der Waals surface area contributed by atoms with Crippen LogP contribution in [0.4, 0.5) is 0 Å². The quantitative estimate of drug-likeness (QED) is 0.577. The van der Waals surface area contributed by atoms with E-state index in [1.54, 1.807) is 12.1 Å². The first-order valence-electron chi connectivity index (χ1n) is 7.72. The number of nitrogens with one attached hydrogen (secondary N) is 1. The molecular formula is C18H17ClIN3O. The number of imidazole rings is 1. The van der Waals surface area contributed by atoms with Crippen LogP contribution in [0.2, 0.25) is 5.02 Å². The van der Waals surface area contributed by atoms with Crippen molar-refractivity contribution in [1.29, 1.82) is 0 Å². The fourth-order valence-electron chi connectivity index (χ4n) is 2.77. The Morgan fingerprint density at radius 2 is 2.08 bits per heavy atom. The third-order valence-corrected chi connectivity index (χ3v) is 5.08. The van der Waals surface area contributed by atoms with E-state index in [1.165, 1.54) is 0 Å². The third kappa shape index (κ3) is 3.28. The Labute approximate surface area is 159 Å². The van der Waals surface area contributed by atoms with E-state index in [1.807, 2.05) is 37.3 Å². The van der Waals surface area contributed by atoms with E-state index in [0.29, 0.717) is 10.6 Å². The van der Waals surface area contributed by atoms with Crippen molar-refractivity contribution in [3.05, 3.63) is 62.4 Å². The second-order valence-corrected chi connectivity index (χ2v) is 7.12. The maximum Gasteiger partial charge on any atom is 0.252 e. The zero-order chi connectivity index (χ0) is 17.3. The fourth-order valence-corrected chi connectivity index (χ4v) is 3.52. The summed E-state index contributed by atoms with van der Waals surface area (Å²) in [5, 5.41) is 3.58. The highest BCUT2D eigenvalue weighted by atomic mass is 127. The zero-order valence-corrected chi connectivity index (χ0v) is 16.3. The molecule has 3 aromatic rings. The number of carbonyl (C=O) groups excluding carboxylic acids is 1. The number of carbonyl (C=O) groups is 1. The molecule has 124 valence electrons. The Hall–Kier alpha value is -1.60. The van der Waals surface area contributed by atoms with Crippen LogP contribution in [0.1, 0.15) is 36.1 Å². The molecule has 2 aromatic carbocycles. The van der Waals surface area contributed by atoms with Gasteiger partial charge < -0.3 is 9.88 Å². The van der Waals surface area contributed by atoms with E-state index in [0.717, 1.165) is 27.0 Å². The Kier molecular flexibility index (Phi) is 5.10. The molecule has 0 radical (unpaired) electrons. The second kappa shape index (κ2) is 7.11. The predicted octanol–water partition coefficient (Wildman–Crippen LogP) is 4.81. The van der Waals surface area contributed by atoms with Gasteiger partial charge in [-0.25, -0.2) is 4.98 Å². The molecule has 1 atom stereocenters. The number of fused-ring (bicyclic) bond motifs is 1. The first-order chi connectivity index (χ1) is 11.5. The van der Waals surface area contributed by atoms with Gasteiger partial charge in [0.25, 0.3) is 5.91 Å². The molecule has 0 aliphatic carbocycles. The average molecular weight is 454 g/mol. The topological polar surface area (TPSA) is 46.9 Å². The van der Waals surface area contributed by atoms with Gasteiger partial charge in [0.1, 0.15) is 5.82 Å². The largest absolute Gasteiger partial charge is 0.342 e. The van der Waals surface area contributed by atoms with Crippen molar-refractivity contribution in [2.75, 3.05) is 0 Å². The van der Waals surface area contributed by atoms with Crippen LogP contribution in [0.25, 0.3) is 11.0 Å². The summed E-state index contributed by atoms with van der Waals surface area (Å²) >= 11 is 8.15. The molecule has 1 N–H and O–H groups in total. The van der Waals surface area contributed by atoms with Gasteiger partial charge in [-0.1, -0.05) is 23.7 Å². The lowest BCUT2D eigenvalue weighted by molar-refractivity contribution is 0.0937. The normalized spacial score (nSPS) is 12.3. The Bertz CT molecular complexity index is 906. The van der Waals surface area contributed by atoms with Crippen LogP contribution in [0, 0.1) is 3.57 Å². The van der Waals surface area contributed by atoms with Gasteiger partial charge in [0.05, 0.1) is 22.6 Å². The van der Waals surface area contributed by atoms with Crippen molar-refractivity contribution in [3.63, 3.8) is 0 Å². The summed E-state index contributed by atoms with van der Waals surface area (Å²) in [7, 11) is 0. The molecule has 0 saturated carbocycles. The molecule has 1 aromatic heterocycles. The van der Waals surface area contributed by atoms with E-state index in [4.69, 9.17) is 16.6 Å². The molecule has 0 fully saturated rings. The minimum absolute atomic E-state index is 0.149. The third-order valence-electron chi connectivity index (χ3n) is 3.91. The first-order valence-corrected chi connectivity index (χ1v) is 9.18. The van der Waals surface area contributed by atoms with Gasteiger partial charge in [-0.2, -0.15) is 0 Å². The number of aryl methyl sites for hydroxylation is 1. The van der Waals surface area contributed by atoms with Gasteiger partial charge in [-0.15, -0.1) is 0 Å². The van der Waals surface area contributed by atoms with Crippen LogP contribution in [0.3, 0.4) is 0 Å². The maximum atomic E-state index is 12.6. The van der Waals surface area contributed by atoms with Gasteiger partial charge in [-0.05, 0) is 66.8 Å². The fraction of sp³-hybridized carbons (Fsp3) is 0.222. The Balaban J connectivity index is 1.91. The second-order valence-electron chi connectivity index (χ2n) is 5.52. The number of para-hydroxylation sites is 2. The molecule has 0 aliphatic heterocycles. The summed E-state index contributed by atoms with van der Waals surface area (Å²) in [5.74, 6) is 0.702. The summed E-state index contributed by atoms with van der Waals surface area (Å²) in [4.78, 5) is 17.3. The smallest absolute Gasteiger partial charge is 0.252 e. The van der Waals surface area contributed by atoms with Crippen LogP contribution in [0.5, 0.6) is 0 Å². The average Bonchev–Trinajstić information content (AvgIpc) is 2.95. The molecule has 0 saturated heterocycles. The summed E-state index contributed by atoms with van der Waals surface area (Å²) in [6, 6.07) is 13.1. The minimum atomic E-state index is -0.209. The zero-order valence-electron chi connectivity index (χ0n) is 13.4. The number of rotatable bonds is 4. The number of amides is 1. The van der Waals surface area contributed by atoms with Crippen LogP contribution in [-0.2, 0) is 6.54 Å². The highest BCUT2D eigenvalue weighted by Crippen LogP contribution is 2.22. The summed E-state index contributed by atoms with van der Waals surface area (Å²) in [6.45, 7) is 4.82. The maximum absolute atomic E-state index is 12.6. The van der Waals surface area contributed by atoms with Crippen LogP contribution < -0.4 is 5.32 Å². The number of halogens is 2. The van der Waals surface area contributed by atoms with Crippen molar-refractivity contribution in [2.24, 2.45) is 0 Å². The van der Waals surface area contributed by atoms with Crippen molar-refractivity contribution >= 4 is 51.1 Å². The van der Waals surface area contributed by atoms with Crippen LogP contribution in [0.15, 0.2) is 42.5 Å². The number of benzene rings is 2. The molecular weight excluding hydrogens is 437 g/mol. The summed E-state index contributed by atoms with van der Waals surface area (Å²) in [5.41, 5.74) is 2.59. The van der Waals surface area contributed by atoms with E-state index in [-0.39, 0.29) is 11.9 Å². The molecule has 0 spiro atoms. The van der Waals surface area contributed by atoms with Gasteiger partial charge in [0.15, 0.2) is 0 Å². The number of hydrogen-bond donors (Lipinski definition) is 1. The van der Waals surface area contributed by atoms with E-state index < -0.39 is 0 Å².